The molecule has 5 nitrogen and oxygen atoms in total. The molecule has 2 aromatic rings. The van der Waals surface area contributed by atoms with Gasteiger partial charge in [-0.3, -0.25) is 0 Å². The summed E-state index contributed by atoms with van der Waals surface area (Å²) in [5.41, 5.74) is 1.83. The van der Waals surface area contributed by atoms with Crippen LogP contribution >= 0.6 is 0 Å². The van der Waals surface area contributed by atoms with E-state index in [1.54, 1.807) is 26.2 Å². The summed E-state index contributed by atoms with van der Waals surface area (Å²) in [5, 5.41) is 0. The van der Waals surface area contributed by atoms with E-state index in [1.807, 2.05) is 25.1 Å². The maximum absolute atomic E-state index is 12.5. The third-order valence-electron chi connectivity index (χ3n) is 3.55. The Labute approximate surface area is 137 Å². The van der Waals surface area contributed by atoms with Gasteiger partial charge in [0.15, 0.2) is 0 Å². The van der Waals surface area contributed by atoms with Crippen molar-refractivity contribution in [3.05, 3.63) is 53.6 Å². The molecule has 1 unspecified atom stereocenters. The van der Waals surface area contributed by atoms with Crippen LogP contribution in [-0.4, -0.2) is 22.6 Å². The molecular weight excluding hydrogens is 314 g/mol. The van der Waals surface area contributed by atoms with Gasteiger partial charge >= 0.3 is 0 Å². The van der Waals surface area contributed by atoms with Crippen LogP contribution in [0.15, 0.2) is 47.4 Å². The van der Waals surface area contributed by atoms with E-state index in [-0.39, 0.29) is 4.90 Å². The number of rotatable bonds is 6. The highest BCUT2D eigenvalue weighted by Gasteiger charge is 2.20. The van der Waals surface area contributed by atoms with E-state index in [9.17, 15) is 8.42 Å². The van der Waals surface area contributed by atoms with Crippen LogP contribution in [0.1, 0.15) is 24.1 Å². The molecule has 0 aliphatic carbocycles. The first-order valence-corrected chi connectivity index (χ1v) is 8.66. The lowest BCUT2D eigenvalue weighted by atomic mass is 10.1. The Morgan fingerprint density at radius 1 is 1.00 bits per heavy atom. The van der Waals surface area contributed by atoms with Gasteiger partial charge < -0.3 is 9.47 Å². The van der Waals surface area contributed by atoms with Gasteiger partial charge in [-0.25, -0.2) is 13.1 Å². The lowest BCUT2D eigenvalue weighted by Gasteiger charge is -2.18. The molecule has 0 radical (unpaired) electrons. The number of nitrogens with one attached hydrogen (secondary N) is 1. The Kier molecular flexibility index (Phi) is 5.28. The monoisotopic (exact) mass is 335 g/mol. The van der Waals surface area contributed by atoms with Crippen molar-refractivity contribution >= 4 is 10.0 Å². The fourth-order valence-electron chi connectivity index (χ4n) is 2.31. The Morgan fingerprint density at radius 3 is 2.22 bits per heavy atom. The van der Waals surface area contributed by atoms with Crippen LogP contribution in [0.25, 0.3) is 0 Å². The van der Waals surface area contributed by atoms with Crippen molar-refractivity contribution in [1.82, 2.24) is 4.72 Å². The number of hydrogen-bond donors (Lipinski definition) is 1. The summed E-state index contributed by atoms with van der Waals surface area (Å²) in [4.78, 5) is 0.191. The van der Waals surface area contributed by atoms with Crippen molar-refractivity contribution in [1.29, 1.82) is 0 Å². The number of hydrogen-bond acceptors (Lipinski definition) is 4. The maximum Gasteiger partial charge on any atom is 0.241 e. The zero-order chi connectivity index (χ0) is 17.0. The summed E-state index contributed by atoms with van der Waals surface area (Å²) in [6, 6.07) is 11.5. The minimum atomic E-state index is -3.63. The Morgan fingerprint density at radius 2 is 1.65 bits per heavy atom. The Balaban J connectivity index is 2.27. The summed E-state index contributed by atoms with van der Waals surface area (Å²) < 4.78 is 38.1. The number of ether oxygens (including phenoxy) is 2. The van der Waals surface area contributed by atoms with Gasteiger partial charge in [-0.15, -0.1) is 0 Å². The first-order valence-electron chi connectivity index (χ1n) is 7.18. The topological polar surface area (TPSA) is 64.6 Å². The molecule has 1 atom stereocenters. The average Bonchev–Trinajstić information content (AvgIpc) is 2.54. The summed E-state index contributed by atoms with van der Waals surface area (Å²) in [5.74, 6) is 1.26. The van der Waals surface area contributed by atoms with Crippen LogP contribution in [0.5, 0.6) is 11.5 Å². The van der Waals surface area contributed by atoms with Gasteiger partial charge in [-0.1, -0.05) is 17.7 Å². The van der Waals surface area contributed by atoms with E-state index in [4.69, 9.17) is 9.47 Å². The molecule has 0 bridgehead atoms. The summed E-state index contributed by atoms with van der Waals surface area (Å²) in [6.07, 6.45) is 0. The minimum Gasteiger partial charge on any atom is -0.497 e. The van der Waals surface area contributed by atoms with Crippen molar-refractivity contribution in [2.45, 2.75) is 24.8 Å². The third kappa shape index (κ3) is 4.03. The molecule has 0 amide bonds. The molecule has 0 fully saturated rings. The molecule has 2 rings (SSSR count). The largest absolute Gasteiger partial charge is 0.497 e. The average molecular weight is 335 g/mol. The SMILES string of the molecule is COc1ccc(S(=O)(=O)NC(C)c2cc(C)ccc2OC)cc1. The first-order chi connectivity index (χ1) is 10.9. The number of methoxy groups -OCH3 is 2. The van der Waals surface area contributed by atoms with Crippen LogP contribution in [0.4, 0.5) is 0 Å². The number of benzene rings is 2. The zero-order valence-electron chi connectivity index (χ0n) is 13.7. The van der Waals surface area contributed by atoms with Crippen molar-refractivity contribution < 1.29 is 17.9 Å². The number of aryl methyl sites for hydroxylation is 1. The van der Waals surface area contributed by atoms with Crippen molar-refractivity contribution in [3.8, 4) is 11.5 Å². The van der Waals surface area contributed by atoms with E-state index in [1.165, 1.54) is 19.2 Å². The highest BCUT2D eigenvalue weighted by Crippen LogP contribution is 2.27. The van der Waals surface area contributed by atoms with E-state index < -0.39 is 16.1 Å². The van der Waals surface area contributed by atoms with E-state index in [2.05, 4.69) is 4.72 Å². The Hall–Kier alpha value is -2.05. The molecule has 124 valence electrons. The summed E-state index contributed by atoms with van der Waals surface area (Å²) >= 11 is 0. The van der Waals surface area contributed by atoms with E-state index in [0.29, 0.717) is 11.5 Å². The molecule has 6 heteroatoms. The van der Waals surface area contributed by atoms with Crippen LogP contribution in [0.3, 0.4) is 0 Å². The van der Waals surface area contributed by atoms with Gasteiger partial charge in [0.25, 0.3) is 0 Å². The normalized spacial score (nSPS) is 12.7. The lowest BCUT2D eigenvalue weighted by molar-refractivity contribution is 0.405. The molecule has 1 N–H and O–H groups in total. The van der Waals surface area contributed by atoms with Crippen molar-refractivity contribution in [2.75, 3.05) is 14.2 Å². The molecule has 0 aromatic heterocycles. The fraction of sp³-hybridized carbons (Fsp3) is 0.294. The summed E-state index contributed by atoms with van der Waals surface area (Å²) in [7, 11) is -0.528. The highest BCUT2D eigenvalue weighted by molar-refractivity contribution is 7.89. The van der Waals surface area contributed by atoms with Crippen molar-refractivity contribution in [2.24, 2.45) is 0 Å². The molecule has 0 spiro atoms. The number of sulfonamides is 1. The van der Waals surface area contributed by atoms with E-state index in [0.717, 1.165) is 11.1 Å². The molecule has 0 heterocycles. The van der Waals surface area contributed by atoms with Gasteiger partial charge in [0.1, 0.15) is 11.5 Å². The molecule has 0 saturated carbocycles. The lowest BCUT2D eigenvalue weighted by Crippen LogP contribution is -2.27. The maximum atomic E-state index is 12.5. The molecule has 0 aliphatic heterocycles. The third-order valence-corrected chi connectivity index (χ3v) is 5.11. The standard InChI is InChI=1S/C17H21NO4S/c1-12-5-10-17(22-4)16(11-12)13(2)18-23(19,20)15-8-6-14(21-3)7-9-15/h5-11,13,18H,1-4H3. The second-order valence-electron chi connectivity index (χ2n) is 5.26. The van der Waals surface area contributed by atoms with E-state index >= 15 is 0 Å². The Bertz CT molecular complexity index is 770. The molecular formula is C17H21NO4S. The predicted molar refractivity (Wildman–Crippen MR) is 89.5 cm³/mol. The minimum absolute atomic E-state index is 0.191. The smallest absolute Gasteiger partial charge is 0.241 e. The summed E-state index contributed by atoms with van der Waals surface area (Å²) in [6.45, 7) is 3.74. The second-order valence-corrected chi connectivity index (χ2v) is 6.98. The van der Waals surface area contributed by atoms with Crippen molar-refractivity contribution in [3.63, 3.8) is 0 Å². The van der Waals surface area contributed by atoms with Crippen LogP contribution in [-0.2, 0) is 10.0 Å². The van der Waals surface area contributed by atoms with Crippen LogP contribution in [0.2, 0.25) is 0 Å². The molecule has 0 aliphatic rings. The second kappa shape index (κ2) is 7.02. The van der Waals surface area contributed by atoms with Crippen LogP contribution < -0.4 is 14.2 Å². The molecule has 2 aromatic carbocycles. The first kappa shape index (κ1) is 17.3. The zero-order valence-corrected chi connectivity index (χ0v) is 14.5. The van der Waals surface area contributed by atoms with Gasteiger partial charge in [-0.2, -0.15) is 0 Å². The highest BCUT2D eigenvalue weighted by atomic mass is 32.2. The van der Waals surface area contributed by atoms with Gasteiger partial charge in [0.2, 0.25) is 10.0 Å². The fourth-order valence-corrected chi connectivity index (χ4v) is 3.53. The van der Waals surface area contributed by atoms with Gasteiger partial charge in [0, 0.05) is 11.6 Å². The quantitative estimate of drug-likeness (QED) is 0.881. The predicted octanol–water partition coefficient (Wildman–Crippen LogP) is 3.05. The molecule has 23 heavy (non-hydrogen) atoms. The van der Waals surface area contributed by atoms with Crippen LogP contribution in [0, 0.1) is 6.92 Å². The van der Waals surface area contributed by atoms with Gasteiger partial charge in [-0.05, 0) is 44.2 Å². The molecule has 0 saturated heterocycles. The van der Waals surface area contributed by atoms with Gasteiger partial charge in [0.05, 0.1) is 19.1 Å².